The molecule has 0 aliphatic heterocycles. The molecule has 1 N–H and O–H groups in total. The lowest BCUT2D eigenvalue weighted by Crippen LogP contribution is -2.37. The van der Waals surface area contributed by atoms with Crippen molar-refractivity contribution in [2.75, 3.05) is 13.6 Å². The predicted octanol–water partition coefficient (Wildman–Crippen LogP) is 3.38. The van der Waals surface area contributed by atoms with Gasteiger partial charge in [0.05, 0.1) is 0 Å². The van der Waals surface area contributed by atoms with E-state index in [-0.39, 0.29) is 6.03 Å². The Morgan fingerprint density at radius 1 is 1.05 bits per heavy atom. The molecule has 0 bridgehead atoms. The maximum Gasteiger partial charge on any atom is 0.317 e. The van der Waals surface area contributed by atoms with Gasteiger partial charge in [-0.3, -0.25) is 0 Å². The number of amides is 2. The van der Waals surface area contributed by atoms with Crippen molar-refractivity contribution in [3.8, 4) is 0 Å². The first-order valence-electron chi connectivity index (χ1n) is 7.24. The van der Waals surface area contributed by atoms with Gasteiger partial charge in [-0.25, -0.2) is 4.79 Å². The number of rotatable bonds is 5. The average molecular weight is 282 g/mol. The van der Waals surface area contributed by atoms with Gasteiger partial charge in [0.2, 0.25) is 0 Å². The Labute approximate surface area is 126 Å². The number of carbonyl (C=O) groups is 1. The van der Waals surface area contributed by atoms with Crippen molar-refractivity contribution in [1.29, 1.82) is 0 Å². The number of urea groups is 1. The Morgan fingerprint density at radius 2 is 1.71 bits per heavy atom. The largest absolute Gasteiger partial charge is 0.338 e. The van der Waals surface area contributed by atoms with Gasteiger partial charge in [-0.15, -0.1) is 0 Å². The maximum atomic E-state index is 12.0. The van der Waals surface area contributed by atoms with E-state index in [1.54, 1.807) is 4.90 Å². The third-order valence-electron chi connectivity index (χ3n) is 3.54. The molecule has 2 rings (SSSR count). The second-order valence-corrected chi connectivity index (χ2v) is 5.25. The topological polar surface area (TPSA) is 32.3 Å². The number of nitrogens with zero attached hydrogens (tertiary/aromatic N) is 1. The smallest absolute Gasteiger partial charge is 0.317 e. The zero-order valence-electron chi connectivity index (χ0n) is 12.7. The molecule has 110 valence electrons. The molecule has 0 saturated carbocycles. The average Bonchev–Trinajstić information content (AvgIpc) is 2.50. The lowest BCUT2D eigenvalue weighted by Gasteiger charge is -2.18. The van der Waals surface area contributed by atoms with E-state index in [1.807, 2.05) is 49.5 Å². The van der Waals surface area contributed by atoms with Gasteiger partial charge in [-0.05, 0) is 30.0 Å². The van der Waals surface area contributed by atoms with Crippen LogP contribution in [0.25, 0.3) is 0 Å². The van der Waals surface area contributed by atoms with Crippen LogP contribution in [0.4, 0.5) is 4.79 Å². The van der Waals surface area contributed by atoms with Crippen LogP contribution in [0.1, 0.15) is 16.7 Å². The molecule has 0 fully saturated rings. The zero-order valence-corrected chi connectivity index (χ0v) is 12.7. The van der Waals surface area contributed by atoms with Crippen molar-refractivity contribution < 1.29 is 4.79 Å². The van der Waals surface area contributed by atoms with Crippen LogP contribution in [0.2, 0.25) is 0 Å². The highest BCUT2D eigenvalue weighted by Gasteiger charge is 2.08. The van der Waals surface area contributed by atoms with Gasteiger partial charge in [0, 0.05) is 20.1 Å². The van der Waals surface area contributed by atoms with Crippen molar-refractivity contribution >= 4 is 6.03 Å². The monoisotopic (exact) mass is 282 g/mol. The lowest BCUT2D eigenvalue weighted by molar-refractivity contribution is 0.207. The number of nitrogens with one attached hydrogen (secondary N) is 1. The minimum atomic E-state index is -0.0348. The molecular weight excluding hydrogens is 260 g/mol. The molecule has 2 aromatic carbocycles. The van der Waals surface area contributed by atoms with Crippen molar-refractivity contribution in [3.63, 3.8) is 0 Å². The van der Waals surface area contributed by atoms with Crippen LogP contribution in [0.3, 0.4) is 0 Å². The van der Waals surface area contributed by atoms with Gasteiger partial charge in [-0.1, -0.05) is 54.6 Å². The number of carbonyl (C=O) groups excluding carboxylic acids is 1. The Hall–Kier alpha value is -2.29. The van der Waals surface area contributed by atoms with Gasteiger partial charge in [0.25, 0.3) is 0 Å². The summed E-state index contributed by atoms with van der Waals surface area (Å²) in [4.78, 5) is 13.7. The van der Waals surface area contributed by atoms with Crippen LogP contribution in [-0.4, -0.2) is 24.5 Å². The van der Waals surface area contributed by atoms with E-state index >= 15 is 0 Å². The van der Waals surface area contributed by atoms with E-state index in [0.717, 1.165) is 12.0 Å². The van der Waals surface area contributed by atoms with Gasteiger partial charge in [-0.2, -0.15) is 0 Å². The third kappa shape index (κ3) is 4.63. The van der Waals surface area contributed by atoms with E-state index in [4.69, 9.17) is 0 Å². The molecule has 0 radical (unpaired) electrons. The van der Waals surface area contributed by atoms with Crippen LogP contribution in [0, 0.1) is 6.92 Å². The Morgan fingerprint density at radius 3 is 2.43 bits per heavy atom. The SMILES string of the molecule is Cc1ccccc1CCNC(=O)N(C)Cc1ccccc1. The number of hydrogen-bond donors (Lipinski definition) is 1. The molecule has 21 heavy (non-hydrogen) atoms. The first kappa shape index (κ1) is 15.1. The van der Waals surface area contributed by atoms with Crippen LogP contribution < -0.4 is 5.32 Å². The van der Waals surface area contributed by atoms with Crippen molar-refractivity contribution in [1.82, 2.24) is 10.2 Å². The molecule has 0 spiro atoms. The molecule has 0 aliphatic carbocycles. The summed E-state index contributed by atoms with van der Waals surface area (Å²) in [5.41, 5.74) is 3.68. The molecular formula is C18H22N2O. The quantitative estimate of drug-likeness (QED) is 0.896. The highest BCUT2D eigenvalue weighted by Crippen LogP contribution is 2.07. The minimum Gasteiger partial charge on any atom is -0.338 e. The fourth-order valence-electron chi connectivity index (χ4n) is 2.26. The van der Waals surface area contributed by atoms with Crippen molar-refractivity contribution in [2.45, 2.75) is 19.9 Å². The van der Waals surface area contributed by atoms with Crippen LogP contribution in [0.15, 0.2) is 54.6 Å². The summed E-state index contributed by atoms with van der Waals surface area (Å²) >= 11 is 0. The molecule has 3 heteroatoms. The standard InChI is InChI=1S/C18H22N2O/c1-15-8-6-7-11-17(15)12-13-19-18(21)20(2)14-16-9-4-3-5-10-16/h3-11H,12-14H2,1-2H3,(H,19,21). The summed E-state index contributed by atoms with van der Waals surface area (Å²) in [6, 6.07) is 18.2. The molecule has 0 unspecified atom stereocenters. The lowest BCUT2D eigenvalue weighted by atomic mass is 10.1. The fourth-order valence-corrected chi connectivity index (χ4v) is 2.26. The highest BCUT2D eigenvalue weighted by molar-refractivity contribution is 5.73. The first-order chi connectivity index (χ1) is 10.2. The Bertz CT molecular complexity index is 581. The Balaban J connectivity index is 1.78. The van der Waals surface area contributed by atoms with E-state index in [0.29, 0.717) is 13.1 Å². The molecule has 0 aliphatic rings. The second kappa shape index (κ2) is 7.48. The number of hydrogen-bond acceptors (Lipinski definition) is 1. The summed E-state index contributed by atoms with van der Waals surface area (Å²) in [5, 5.41) is 2.97. The van der Waals surface area contributed by atoms with Gasteiger partial charge < -0.3 is 10.2 Å². The van der Waals surface area contributed by atoms with E-state index in [1.165, 1.54) is 11.1 Å². The van der Waals surface area contributed by atoms with Crippen molar-refractivity contribution in [3.05, 3.63) is 71.3 Å². The maximum absolute atomic E-state index is 12.0. The van der Waals surface area contributed by atoms with Crippen LogP contribution in [0.5, 0.6) is 0 Å². The normalized spacial score (nSPS) is 10.2. The summed E-state index contributed by atoms with van der Waals surface area (Å²) in [5.74, 6) is 0. The van der Waals surface area contributed by atoms with Crippen LogP contribution in [-0.2, 0) is 13.0 Å². The molecule has 0 aromatic heterocycles. The molecule has 0 heterocycles. The first-order valence-corrected chi connectivity index (χ1v) is 7.24. The van der Waals surface area contributed by atoms with E-state index in [2.05, 4.69) is 24.4 Å². The highest BCUT2D eigenvalue weighted by atomic mass is 16.2. The van der Waals surface area contributed by atoms with Gasteiger partial charge in [0.15, 0.2) is 0 Å². The van der Waals surface area contributed by atoms with Crippen LogP contribution >= 0.6 is 0 Å². The summed E-state index contributed by atoms with van der Waals surface area (Å²) < 4.78 is 0. The summed E-state index contributed by atoms with van der Waals surface area (Å²) in [6.07, 6.45) is 0.859. The molecule has 0 atom stereocenters. The summed E-state index contributed by atoms with van der Waals surface area (Å²) in [7, 11) is 1.82. The number of benzene rings is 2. The molecule has 3 nitrogen and oxygen atoms in total. The van der Waals surface area contributed by atoms with E-state index < -0.39 is 0 Å². The minimum absolute atomic E-state index is 0.0348. The third-order valence-corrected chi connectivity index (χ3v) is 3.54. The Kier molecular flexibility index (Phi) is 5.38. The van der Waals surface area contributed by atoms with E-state index in [9.17, 15) is 4.79 Å². The molecule has 2 amide bonds. The molecule has 2 aromatic rings. The fraction of sp³-hybridized carbons (Fsp3) is 0.278. The zero-order chi connectivity index (χ0) is 15.1. The molecule has 0 saturated heterocycles. The van der Waals surface area contributed by atoms with Gasteiger partial charge in [0.1, 0.15) is 0 Å². The second-order valence-electron chi connectivity index (χ2n) is 5.25. The predicted molar refractivity (Wildman–Crippen MR) is 86.2 cm³/mol. The van der Waals surface area contributed by atoms with Crippen molar-refractivity contribution in [2.24, 2.45) is 0 Å². The summed E-state index contributed by atoms with van der Waals surface area (Å²) in [6.45, 7) is 3.37. The number of aryl methyl sites for hydroxylation is 1. The van der Waals surface area contributed by atoms with Gasteiger partial charge >= 0.3 is 6.03 Å².